The van der Waals surface area contributed by atoms with Crippen LogP contribution in [-0.2, 0) is 0 Å². The molecule has 1 saturated carbocycles. The Hall–Kier alpha value is -0.160. The van der Waals surface area contributed by atoms with Crippen molar-refractivity contribution in [3.8, 4) is 0 Å². The van der Waals surface area contributed by atoms with Crippen molar-refractivity contribution in [3.63, 3.8) is 0 Å². The molecule has 0 spiro atoms. The van der Waals surface area contributed by atoms with Gasteiger partial charge in [-0.05, 0) is 18.8 Å². The van der Waals surface area contributed by atoms with Crippen molar-refractivity contribution in [3.05, 3.63) is 0 Å². The van der Waals surface area contributed by atoms with Gasteiger partial charge in [-0.15, -0.1) is 0 Å². The van der Waals surface area contributed by atoms with Gasteiger partial charge in [-0.25, -0.2) is 0 Å². The predicted octanol–water partition coefficient (Wildman–Crippen LogP) is -0.252. The van der Waals surface area contributed by atoms with Gasteiger partial charge in [0, 0.05) is 10.8 Å². The van der Waals surface area contributed by atoms with Crippen LogP contribution in [0, 0.1) is 16.7 Å². The quantitative estimate of drug-likeness (QED) is 0.524. The lowest BCUT2D eigenvalue weighted by atomic mass is 9.56. The molecule has 1 aliphatic carbocycles. The van der Waals surface area contributed by atoms with Crippen molar-refractivity contribution in [2.45, 2.75) is 26.2 Å². The lowest BCUT2D eigenvalue weighted by Gasteiger charge is -2.51. The van der Waals surface area contributed by atoms with Crippen LogP contribution in [0.1, 0.15) is 26.2 Å². The van der Waals surface area contributed by atoms with Gasteiger partial charge in [-0.3, -0.25) is 0 Å². The molecule has 0 aromatic carbocycles. The number of hydrogen-bond donors (Lipinski definition) is 4. The van der Waals surface area contributed by atoms with E-state index in [4.69, 9.17) is 0 Å². The van der Waals surface area contributed by atoms with Crippen molar-refractivity contribution in [1.29, 1.82) is 0 Å². The topological polar surface area (TPSA) is 80.9 Å². The van der Waals surface area contributed by atoms with Crippen LogP contribution >= 0.6 is 0 Å². The first-order valence-electron chi connectivity index (χ1n) is 5.54. The molecule has 4 heteroatoms. The summed E-state index contributed by atoms with van der Waals surface area (Å²) < 4.78 is 0. The molecule has 0 saturated heterocycles. The highest BCUT2D eigenvalue weighted by Gasteiger charge is 2.50. The number of hydrogen-bond acceptors (Lipinski definition) is 4. The van der Waals surface area contributed by atoms with E-state index in [2.05, 4.69) is 0 Å². The SMILES string of the molecule is CC1C(CO)(CO)CCCC1(CO)CO. The molecule has 0 heterocycles. The van der Waals surface area contributed by atoms with Gasteiger partial charge in [-0.2, -0.15) is 0 Å². The largest absolute Gasteiger partial charge is 0.396 e. The van der Waals surface area contributed by atoms with Crippen LogP contribution in [0.25, 0.3) is 0 Å². The normalized spacial score (nSPS) is 25.4. The van der Waals surface area contributed by atoms with E-state index in [-0.39, 0.29) is 32.3 Å². The molecule has 0 unspecified atom stereocenters. The Bertz CT molecular complexity index is 177. The smallest absolute Gasteiger partial charge is 0.0512 e. The minimum absolute atomic E-state index is 0.0799. The van der Waals surface area contributed by atoms with Gasteiger partial charge in [-0.1, -0.05) is 13.3 Å². The lowest BCUT2D eigenvalue weighted by molar-refractivity contribution is -0.121. The Kier molecular flexibility index (Phi) is 4.12. The Balaban J connectivity index is 2.95. The van der Waals surface area contributed by atoms with E-state index in [0.29, 0.717) is 0 Å². The fourth-order valence-corrected chi connectivity index (χ4v) is 2.84. The predicted molar refractivity (Wildman–Crippen MR) is 56.2 cm³/mol. The molecule has 0 aromatic heterocycles. The number of rotatable bonds is 4. The summed E-state index contributed by atoms with van der Waals surface area (Å²) >= 11 is 0. The van der Waals surface area contributed by atoms with Gasteiger partial charge in [0.1, 0.15) is 0 Å². The molecule has 1 fully saturated rings. The van der Waals surface area contributed by atoms with Crippen molar-refractivity contribution in [1.82, 2.24) is 0 Å². The Morgan fingerprint density at radius 3 is 1.47 bits per heavy atom. The maximum Gasteiger partial charge on any atom is 0.0512 e. The van der Waals surface area contributed by atoms with Gasteiger partial charge in [0.15, 0.2) is 0 Å². The first-order valence-corrected chi connectivity index (χ1v) is 5.54. The first kappa shape index (κ1) is 12.9. The van der Waals surface area contributed by atoms with Crippen LogP contribution in [0.15, 0.2) is 0 Å². The van der Waals surface area contributed by atoms with Crippen molar-refractivity contribution >= 4 is 0 Å². The zero-order chi connectivity index (χ0) is 11.5. The van der Waals surface area contributed by atoms with E-state index in [1.807, 2.05) is 6.92 Å². The van der Waals surface area contributed by atoms with Crippen molar-refractivity contribution in [2.24, 2.45) is 16.7 Å². The van der Waals surface area contributed by atoms with Crippen molar-refractivity contribution in [2.75, 3.05) is 26.4 Å². The molecule has 4 N–H and O–H groups in total. The van der Waals surface area contributed by atoms with Crippen LogP contribution in [0.5, 0.6) is 0 Å². The summed E-state index contributed by atoms with van der Waals surface area (Å²) in [7, 11) is 0. The summed E-state index contributed by atoms with van der Waals surface area (Å²) in [6, 6.07) is 0. The third-order valence-electron chi connectivity index (χ3n) is 4.45. The van der Waals surface area contributed by atoms with Gasteiger partial charge >= 0.3 is 0 Å². The molecule has 0 aromatic rings. The molecule has 0 bridgehead atoms. The molecule has 1 rings (SSSR count). The molecular weight excluding hydrogens is 196 g/mol. The molecule has 0 amide bonds. The average molecular weight is 218 g/mol. The molecule has 0 aliphatic heterocycles. The van der Waals surface area contributed by atoms with Gasteiger partial charge in [0.2, 0.25) is 0 Å². The summed E-state index contributed by atoms with van der Waals surface area (Å²) in [5.41, 5.74) is -1.10. The highest BCUT2D eigenvalue weighted by Crippen LogP contribution is 2.50. The maximum atomic E-state index is 9.41. The zero-order valence-electron chi connectivity index (χ0n) is 9.32. The lowest BCUT2D eigenvalue weighted by Crippen LogP contribution is -2.52. The summed E-state index contributed by atoms with van der Waals surface area (Å²) in [5.74, 6) is -0.0799. The Morgan fingerprint density at radius 1 is 0.867 bits per heavy atom. The molecule has 1 aliphatic rings. The van der Waals surface area contributed by atoms with Crippen LogP contribution in [0.3, 0.4) is 0 Å². The summed E-state index contributed by atoms with van der Waals surface area (Å²) in [5, 5.41) is 37.6. The summed E-state index contributed by atoms with van der Waals surface area (Å²) in [6.45, 7) is 1.54. The summed E-state index contributed by atoms with van der Waals surface area (Å²) in [6.07, 6.45) is 2.33. The third-order valence-corrected chi connectivity index (χ3v) is 4.45. The average Bonchev–Trinajstić information content (AvgIpc) is 2.30. The number of aliphatic hydroxyl groups excluding tert-OH is 4. The molecule has 15 heavy (non-hydrogen) atoms. The molecule has 4 nitrogen and oxygen atoms in total. The molecular formula is C11H22O4. The maximum absolute atomic E-state index is 9.41. The van der Waals surface area contributed by atoms with Crippen LogP contribution in [0.4, 0.5) is 0 Å². The van der Waals surface area contributed by atoms with Crippen LogP contribution in [0.2, 0.25) is 0 Å². The second-order valence-electron chi connectivity index (χ2n) is 4.93. The van der Waals surface area contributed by atoms with E-state index in [0.717, 1.165) is 19.3 Å². The first-order chi connectivity index (χ1) is 7.10. The Labute approximate surface area is 90.6 Å². The molecule has 90 valence electrons. The summed E-state index contributed by atoms with van der Waals surface area (Å²) in [4.78, 5) is 0. The van der Waals surface area contributed by atoms with E-state index in [1.165, 1.54) is 0 Å². The molecule has 0 atom stereocenters. The second-order valence-corrected chi connectivity index (χ2v) is 4.93. The van der Waals surface area contributed by atoms with Crippen molar-refractivity contribution < 1.29 is 20.4 Å². The second kappa shape index (κ2) is 4.78. The van der Waals surface area contributed by atoms with Gasteiger partial charge in [0.05, 0.1) is 26.4 Å². The standard InChI is InChI=1S/C11H22O4/c1-9-10(5-12,6-13)3-2-4-11(9,7-14)8-15/h9,12-15H,2-8H2,1H3. The molecule has 0 radical (unpaired) electrons. The number of aliphatic hydroxyl groups is 4. The minimum Gasteiger partial charge on any atom is -0.396 e. The monoisotopic (exact) mass is 218 g/mol. The third kappa shape index (κ3) is 1.91. The fourth-order valence-electron chi connectivity index (χ4n) is 2.84. The highest BCUT2D eigenvalue weighted by molar-refractivity contribution is 4.98. The van der Waals surface area contributed by atoms with E-state index >= 15 is 0 Å². The van der Waals surface area contributed by atoms with Gasteiger partial charge in [0.25, 0.3) is 0 Å². The van der Waals surface area contributed by atoms with E-state index < -0.39 is 10.8 Å². The van der Waals surface area contributed by atoms with E-state index in [9.17, 15) is 20.4 Å². The van der Waals surface area contributed by atoms with Crippen LogP contribution in [-0.4, -0.2) is 46.9 Å². The Morgan fingerprint density at radius 2 is 1.20 bits per heavy atom. The van der Waals surface area contributed by atoms with Gasteiger partial charge < -0.3 is 20.4 Å². The minimum atomic E-state index is -0.552. The highest BCUT2D eigenvalue weighted by atomic mass is 16.3. The fraction of sp³-hybridized carbons (Fsp3) is 1.00. The van der Waals surface area contributed by atoms with Crippen LogP contribution < -0.4 is 0 Å². The zero-order valence-corrected chi connectivity index (χ0v) is 9.32. The van der Waals surface area contributed by atoms with E-state index in [1.54, 1.807) is 0 Å².